The number of nitrogens with zero attached hydrogens (tertiary/aromatic N) is 3. The quantitative estimate of drug-likeness (QED) is 0.723. The van der Waals surface area contributed by atoms with Gasteiger partial charge in [-0.05, 0) is 36.8 Å². The minimum atomic E-state index is -0.0859. The summed E-state index contributed by atoms with van der Waals surface area (Å²) in [6.45, 7) is 4.40. The van der Waals surface area contributed by atoms with Crippen LogP contribution >= 0.6 is 0 Å². The van der Waals surface area contributed by atoms with Gasteiger partial charge in [0, 0.05) is 44.6 Å². The van der Waals surface area contributed by atoms with Crippen LogP contribution in [0.3, 0.4) is 0 Å². The summed E-state index contributed by atoms with van der Waals surface area (Å²) in [5, 5.41) is 3.56. The summed E-state index contributed by atoms with van der Waals surface area (Å²) in [5.41, 5.74) is 3.05. The largest absolute Gasteiger partial charge is 0.353 e. The van der Waals surface area contributed by atoms with Gasteiger partial charge in [0.25, 0.3) is 0 Å². The van der Waals surface area contributed by atoms with E-state index in [4.69, 9.17) is 0 Å². The number of pyridine rings is 2. The standard InChI is InChI=1S/C22H22N4O.H2/c1-16-18(9-6-12-23-16)22(27)19-10-5-11-21(25-19)26-14-13-24-20(15-26)17-7-3-2-4-8-17;/h2-12,20,24H,13-15H2,1H3;1H/t20-;/m0./s1. The number of hydrogen-bond acceptors (Lipinski definition) is 5. The number of benzene rings is 1. The van der Waals surface area contributed by atoms with Gasteiger partial charge in [-0.3, -0.25) is 9.78 Å². The first-order chi connectivity index (χ1) is 13.2. The first-order valence-electron chi connectivity index (χ1n) is 9.19. The Kier molecular flexibility index (Phi) is 4.94. The molecular weight excluding hydrogens is 336 g/mol. The van der Waals surface area contributed by atoms with E-state index in [1.54, 1.807) is 24.4 Å². The maximum absolute atomic E-state index is 12.9. The van der Waals surface area contributed by atoms with E-state index in [9.17, 15) is 4.79 Å². The Bertz CT molecular complexity index is 948. The van der Waals surface area contributed by atoms with Crippen molar-refractivity contribution in [1.29, 1.82) is 0 Å². The summed E-state index contributed by atoms with van der Waals surface area (Å²) in [6.07, 6.45) is 1.69. The smallest absolute Gasteiger partial charge is 0.213 e. The minimum absolute atomic E-state index is 0. The lowest BCUT2D eigenvalue weighted by Crippen LogP contribution is -2.46. The van der Waals surface area contributed by atoms with Crippen LogP contribution in [0.1, 0.15) is 34.8 Å². The molecule has 5 nitrogen and oxygen atoms in total. The van der Waals surface area contributed by atoms with Gasteiger partial charge >= 0.3 is 0 Å². The highest BCUT2D eigenvalue weighted by Gasteiger charge is 2.22. The topological polar surface area (TPSA) is 58.1 Å². The average Bonchev–Trinajstić information content (AvgIpc) is 2.74. The number of ketones is 1. The van der Waals surface area contributed by atoms with Crippen molar-refractivity contribution >= 4 is 11.6 Å². The van der Waals surface area contributed by atoms with Crippen molar-refractivity contribution in [3.05, 3.63) is 89.4 Å². The van der Waals surface area contributed by atoms with Gasteiger partial charge in [-0.15, -0.1) is 0 Å². The SMILES string of the molecule is Cc1ncccc1C(=O)c1cccc(N2CCN[C@H](c3ccccc3)C2)n1.[HH]. The van der Waals surface area contributed by atoms with E-state index >= 15 is 0 Å². The molecule has 0 saturated carbocycles. The number of piperazine rings is 1. The number of anilines is 1. The molecule has 27 heavy (non-hydrogen) atoms. The molecule has 0 aliphatic carbocycles. The molecule has 1 atom stereocenters. The van der Waals surface area contributed by atoms with Gasteiger partial charge in [0.1, 0.15) is 11.5 Å². The third-order valence-corrected chi connectivity index (χ3v) is 4.92. The van der Waals surface area contributed by atoms with Crippen LogP contribution in [0.25, 0.3) is 0 Å². The number of carbonyl (C=O) groups is 1. The Hall–Kier alpha value is -3.05. The van der Waals surface area contributed by atoms with E-state index in [-0.39, 0.29) is 13.3 Å². The van der Waals surface area contributed by atoms with E-state index in [0.29, 0.717) is 11.3 Å². The lowest BCUT2D eigenvalue weighted by Gasteiger charge is -2.35. The summed E-state index contributed by atoms with van der Waals surface area (Å²) >= 11 is 0. The van der Waals surface area contributed by atoms with Crippen molar-refractivity contribution in [1.82, 2.24) is 15.3 Å². The third-order valence-electron chi connectivity index (χ3n) is 4.92. The second-order valence-corrected chi connectivity index (χ2v) is 6.71. The van der Waals surface area contributed by atoms with Crippen molar-refractivity contribution < 1.29 is 6.22 Å². The summed E-state index contributed by atoms with van der Waals surface area (Å²) in [6, 6.07) is 19.9. The fraction of sp³-hybridized carbons (Fsp3) is 0.227. The maximum Gasteiger partial charge on any atom is 0.213 e. The number of aromatic nitrogens is 2. The fourth-order valence-electron chi connectivity index (χ4n) is 3.45. The zero-order chi connectivity index (χ0) is 18.6. The molecule has 1 fully saturated rings. The number of aryl methyl sites for hydroxylation is 1. The van der Waals surface area contributed by atoms with Crippen LogP contribution in [-0.2, 0) is 0 Å². The molecule has 1 saturated heterocycles. The zero-order valence-electron chi connectivity index (χ0n) is 15.3. The lowest BCUT2D eigenvalue weighted by molar-refractivity contribution is 0.103. The number of rotatable bonds is 4. The monoisotopic (exact) mass is 360 g/mol. The van der Waals surface area contributed by atoms with Crippen molar-refractivity contribution in [3.8, 4) is 0 Å². The predicted molar refractivity (Wildman–Crippen MR) is 108 cm³/mol. The number of hydrogen-bond donors (Lipinski definition) is 1. The van der Waals surface area contributed by atoms with Gasteiger partial charge in [0.15, 0.2) is 0 Å². The molecule has 0 spiro atoms. The predicted octanol–water partition coefficient (Wildman–Crippen LogP) is 3.41. The second-order valence-electron chi connectivity index (χ2n) is 6.71. The summed E-state index contributed by atoms with van der Waals surface area (Å²) < 4.78 is 0. The third kappa shape index (κ3) is 3.73. The van der Waals surface area contributed by atoms with Crippen LogP contribution < -0.4 is 10.2 Å². The Morgan fingerprint density at radius 2 is 1.96 bits per heavy atom. The minimum Gasteiger partial charge on any atom is -0.353 e. The molecule has 3 aromatic rings. The van der Waals surface area contributed by atoms with Gasteiger partial charge in [-0.2, -0.15) is 0 Å². The van der Waals surface area contributed by atoms with Gasteiger partial charge in [0.05, 0.1) is 0 Å². The molecular formula is C22H24N4O. The van der Waals surface area contributed by atoms with Crippen molar-refractivity contribution in [2.24, 2.45) is 0 Å². The summed E-state index contributed by atoms with van der Waals surface area (Å²) in [5.74, 6) is 0.752. The van der Waals surface area contributed by atoms with Crippen LogP contribution in [0, 0.1) is 6.92 Å². The average molecular weight is 360 g/mol. The fourth-order valence-corrected chi connectivity index (χ4v) is 3.45. The molecule has 0 bridgehead atoms. The van der Waals surface area contributed by atoms with Crippen LogP contribution in [0.2, 0.25) is 0 Å². The van der Waals surface area contributed by atoms with Crippen molar-refractivity contribution in [2.75, 3.05) is 24.5 Å². The first kappa shape index (κ1) is 17.4. The molecule has 0 unspecified atom stereocenters. The highest BCUT2D eigenvalue weighted by Crippen LogP contribution is 2.22. The highest BCUT2D eigenvalue weighted by atomic mass is 16.1. The molecule has 138 valence electrons. The molecule has 1 N–H and O–H groups in total. The molecule has 1 aliphatic rings. The van der Waals surface area contributed by atoms with Crippen molar-refractivity contribution in [3.63, 3.8) is 0 Å². The van der Waals surface area contributed by atoms with E-state index in [1.165, 1.54) is 5.56 Å². The first-order valence-corrected chi connectivity index (χ1v) is 9.19. The van der Waals surface area contributed by atoms with Gasteiger partial charge in [-0.25, -0.2) is 4.98 Å². The van der Waals surface area contributed by atoms with E-state index < -0.39 is 0 Å². The lowest BCUT2D eigenvalue weighted by atomic mass is 10.0. The molecule has 3 heterocycles. The van der Waals surface area contributed by atoms with Gasteiger partial charge in [-0.1, -0.05) is 36.4 Å². The van der Waals surface area contributed by atoms with E-state index in [1.807, 2.05) is 25.1 Å². The van der Waals surface area contributed by atoms with Crippen molar-refractivity contribution in [2.45, 2.75) is 13.0 Å². The van der Waals surface area contributed by atoms with Gasteiger partial charge in [0.2, 0.25) is 5.78 Å². The van der Waals surface area contributed by atoms with E-state index in [0.717, 1.165) is 31.1 Å². The number of carbonyl (C=O) groups excluding carboxylic acids is 1. The van der Waals surface area contributed by atoms with Crippen LogP contribution in [0.4, 0.5) is 5.82 Å². The van der Waals surface area contributed by atoms with Crippen LogP contribution in [-0.4, -0.2) is 35.4 Å². The zero-order valence-corrected chi connectivity index (χ0v) is 15.3. The Labute approximate surface area is 160 Å². The Balaban J connectivity index is 0.00000225. The molecule has 4 rings (SSSR count). The molecule has 1 aliphatic heterocycles. The normalized spacial score (nSPS) is 16.9. The van der Waals surface area contributed by atoms with Crippen LogP contribution in [0.15, 0.2) is 66.9 Å². The van der Waals surface area contributed by atoms with E-state index in [2.05, 4.69) is 44.5 Å². The number of nitrogens with one attached hydrogen (secondary N) is 1. The maximum atomic E-state index is 12.9. The molecule has 0 radical (unpaired) electrons. The summed E-state index contributed by atoms with van der Waals surface area (Å²) in [7, 11) is 0. The Morgan fingerprint density at radius 3 is 2.78 bits per heavy atom. The van der Waals surface area contributed by atoms with Crippen LogP contribution in [0.5, 0.6) is 0 Å². The molecule has 5 heteroatoms. The summed E-state index contributed by atoms with van der Waals surface area (Å²) in [4.78, 5) is 24.0. The highest BCUT2D eigenvalue weighted by molar-refractivity contribution is 6.08. The second kappa shape index (κ2) is 7.68. The molecule has 0 amide bonds. The molecule has 1 aromatic carbocycles. The molecule has 2 aromatic heterocycles. The van der Waals surface area contributed by atoms with Gasteiger partial charge < -0.3 is 10.2 Å². The Morgan fingerprint density at radius 1 is 1.11 bits per heavy atom.